The van der Waals surface area contributed by atoms with Gasteiger partial charge in [-0.1, -0.05) is 13.8 Å². The number of anilines is 1. The van der Waals surface area contributed by atoms with Gasteiger partial charge in [0.1, 0.15) is 0 Å². The zero-order chi connectivity index (χ0) is 15.6. The molecule has 120 valence electrons. The summed E-state index contributed by atoms with van der Waals surface area (Å²) in [6.07, 6.45) is 2.64. The van der Waals surface area contributed by atoms with E-state index in [1.54, 1.807) is 0 Å². The molecule has 0 spiro atoms. The summed E-state index contributed by atoms with van der Waals surface area (Å²) in [5.74, 6) is 1.40. The highest BCUT2D eigenvalue weighted by Crippen LogP contribution is 2.44. The van der Waals surface area contributed by atoms with Gasteiger partial charge in [0.05, 0.1) is 5.69 Å². The van der Waals surface area contributed by atoms with E-state index < -0.39 is 0 Å². The SMILES string of the molecule is CCN(CC(C)C)c1nc(C2CC2)c(CNC(C)(C)C)s1. The molecule has 0 aliphatic heterocycles. The number of hydrogen-bond acceptors (Lipinski definition) is 4. The van der Waals surface area contributed by atoms with Crippen LogP contribution in [0, 0.1) is 5.92 Å². The fraction of sp³-hybridized carbons (Fsp3) is 0.824. The van der Waals surface area contributed by atoms with E-state index in [1.165, 1.54) is 28.5 Å². The zero-order valence-corrected chi connectivity index (χ0v) is 15.3. The average Bonchev–Trinajstić information content (AvgIpc) is 3.13. The largest absolute Gasteiger partial charge is 0.348 e. The molecule has 1 aromatic heterocycles. The normalized spacial score (nSPS) is 15.8. The highest BCUT2D eigenvalue weighted by Gasteiger charge is 2.30. The molecule has 1 heterocycles. The van der Waals surface area contributed by atoms with Gasteiger partial charge in [0.15, 0.2) is 5.13 Å². The van der Waals surface area contributed by atoms with Crippen LogP contribution in [0.3, 0.4) is 0 Å². The fourth-order valence-corrected chi connectivity index (χ4v) is 3.58. The third-order valence-corrected chi connectivity index (χ3v) is 4.83. The van der Waals surface area contributed by atoms with Gasteiger partial charge in [-0.2, -0.15) is 0 Å². The molecule has 0 saturated heterocycles. The molecule has 0 bridgehead atoms. The van der Waals surface area contributed by atoms with Crippen LogP contribution in [-0.4, -0.2) is 23.6 Å². The van der Waals surface area contributed by atoms with Crippen LogP contribution in [-0.2, 0) is 6.54 Å². The second-order valence-electron chi connectivity index (χ2n) is 7.62. The second-order valence-corrected chi connectivity index (χ2v) is 8.68. The molecule has 1 saturated carbocycles. The smallest absolute Gasteiger partial charge is 0.185 e. The molecule has 0 atom stereocenters. The first-order chi connectivity index (χ1) is 9.80. The second kappa shape index (κ2) is 6.66. The lowest BCUT2D eigenvalue weighted by molar-refractivity contribution is 0.425. The van der Waals surface area contributed by atoms with Crippen LogP contribution in [0.25, 0.3) is 0 Å². The number of thiazole rings is 1. The molecular formula is C17H31N3S. The van der Waals surface area contributed by atoms with Gasteiger partial charge < -0.3 is 10.2 Å². The van der Waals surface area contributed by atoms with Crippen molar-refractivity contribution >= 4 is 16.5 Å². The highest BCUT2D eigenvalue weighted by atomic mass is 32.1. The number of hydrogen-bond donors (Lipinski definition) is 1. The van der Waals surface area contributed by atoms with E-state index >= 15 is 0 Å². The summed E-state index contributed by atoms with van der Waals surface area (Å²) in [4.78, 5) is 8.88. The Labute approximate surface area is 134 Å². The van der Waals surface area contributed by atoms with Gasteiger partial charge in [-0.25, -0.2) is 4.98 Å². The van der Waals surface area contributed by atoms with E-state index in [1.807, 2.05) is 11.3 Å². The van der Waals surface area contributed by atoms with Crippen molar-refractivity contribution in [1.82, 2.24) is 10.3 Å². The summed E-state index contributed by atoms with van der Waals surface area (Å²) in [6.45, 7) is 16.6. The minimum atomic E-state index is 0.160. The van der Waals surface area contributed by atoms with Crippen LogP contribution in [0.15, 0.2) is 0 Å². The van der Waals surface area contributed by atoms with Gasteiger partial charge >= 0.3 is 0 Å². The van der Waals surface area contributed by atoms with Gasteiger partial charge in [-0.05, 0) is 46.5 Å². The van der Waals surface area contributed by atoms with Gasteiger partial charge in [-0.15, -0.1) is 11.3 Å². The molecule has 0 amide bonds. The van der Waals surface area contributed by atoms with Gasteiger partial charge in [0.25, 0.3) is 0 Å². The maximum atomic E-state index is 5.00. The minimum absolute atomic E-state index is 0.160. The van der Waals surface area contributed by atoms with Crippen molar-refractivity contribution in [2.45, 2.75) is 72.4 Å². The van der Waals surface area contributed by atoms with E-state index in [2.05, 4.69) is 51.8 Å². The molecule has 1 aliphatic carbocycles. The van der Waals surface area contributed by atoms with Crippen molar-refractivity contribution in [2.75, 3.05) is 18.0 Å². The van der Waals surface area contributed by atoms with Crippen molar-refractivity contribution in [3.8, 4) is 0 Å². The van der Waals surface area contributed by atoms with Crippen LogP contribution < -0.4 is 10.2 Å². The Kier molecular flexibility index (Phi) is 5.31. The molecule has 0 aromatic carbocycles. The zero-order valence-electron chi connectivity index (χ0n) is 14.5. The van der Waals surface area contributed by atoms with Crippen molar-refractivity contribution in [3.05, 3.63) is 10.6 Å². The Bertz CT molecular complexity index is 455. The Morgan fingerprint density at radius 1 is 1.33 bits per heavy atom. The van der Waals surface area contributed by atoms with Crippen LogP contribution in [0.2, 0.25) is 0 Å². The Morgan fingerprint density at radius 3 is 2.48 bits per heavy atom. The van der Waals surface area contributed by atoms with E-state index in [0.29, 0.717) is 5.92 Å². The van der Waals surface area contributed by atoms with Crippen molar-refractivity contribution in [2.24, 2.45) is 5.92 Å². The molecule has 0 radical (unpaired) electrons. The number of nitrogens with one attached hydrogen (secondary N) is 1. The summed E-state index contributed by atoms with van der Waals surface area (Å²) < 4.78 is 0. The molecule has 1 fully saturated rings. The maximum Gasteiger partial charge on any atom is 0.185 e. The molecule has 1 aromatic rings. The lowest BCUT2D eigenvalue weighted by Gasteiger charge is -2.22. The van der Waals surface area contributed by atoms with Crippen LogP contribution in [0.4, 0.5) is 5.13 Å². The summed E-state index contributed by atoms with van der Waals surface area (Å²) in [6, 6.07) is 0. The third kappa shape index (κ3) is 4.96. The molecule has 1 N–H and O–H groups in total. The lowest BCUT2D eigenvalue weighted by atomic mass is 10.1. The van der Waals surface area contributed by atoms with Crippen molar-refractivity contribution in [1.29, 1.82) is 0 Å². The summed E-state index contributed by atoms with van der Waals surface area (Å²) in [7, 11) is 0. The van der Waals surface area contributed by atoms with Gasteiger partial charge in [0.2, 0.25) is 0 Å². The molecule has 2 rings (SSSR count). The summed E-state index contributed by atoms with van der Waals surface area (Å²) in [5, 5.41) is 4.85. The number of aromatic nitrogens is 1. The molecule has 4 heteroatoms. The summed E-state index contributed by atoms with van der Waals surface area (Å²) >= 11 is 1.90. The van der Waals surface area contributed by atoms with E-state index in [0.717, 1.165) is 25.6 Å². The lowest BCUT2D eigenvalue weighted by Crippen LogP contribution is -2.35. The molecule has 21 heavy (non-hydrogen) atoms. The monoisotopic (exact) mass is 309 g/mol. The highest BCUT2D eigenvalue weighted by molar-refractivity contribution is 7.15. The Balaban J connectivity index is 2.15. The van der Waals surface area contributed by atoms with Gasteiger partial charge in [-0.3, -0.25) is 0 Å². The molecule has 3 nitrogen and oxygen atoms in total. The van der Waals surface area contributed by atoms with Crippen molar-refractivity contribution < 1.29 is 0 Å². The quantitative estimate of drug-likeness (QED) is 0.809. The molecular weight excluding hydrogens is 278 g/mol. The Morgan fingerprint density at radius 2 is 2.00 bits per heavy atom. The number of rotatable bonds is 7. The first-order valence-corrected chi connectivity index (χ1v) is 9.11. The average molecular weight is 310 g/mol. The first kappa shape index (κ1) is 16.8. The summed E-state index contributed by atoms with van der Waals surface area (Å²) in [5.41, 5.74) is 1.53. The number of nitrogens with zero attached hydrogens (tertiary/aromatic N) is 2. The third-order valence-electron chi connectivity index (χ3n) is 3.70. The Hall–Kier alpha value is -0.610. The predicted octanol–water partition coefficient (Wildman–Crippen LogP) is 4.39. The first-order valence-electron chi connectivity index (χ1n) is 8.29. The van der Waals surface area contributed by atoms with Crippen molar-refractivity contribution in [3.63, 3.8) is 0 Å². The molecule has 0 unspecified atom stereocenters. The van der Waals surface area contributed by atoms with Crippen LogP contribution in [0.1, 0.15) is 70.9 Å². The topological polar surface area (TPSA) is 28.2 Å². The fourth-order valence-electron chi connectivity index (χ4n) is 2.42. The van der Waals surface area contributed by atoms with Crippen LogP contribution in [0.5, 0.6) is 0 Å². The standard InChI is InChI=1S/C17H31N3S/c1-7-20(11-12(2)3)16-19-15(13-8-9-13)14(21-16)10-18-17(4,5)6/h12-13,18H,7-11H2,1-6H3. The predicted molar refractivity (Wildman–Crippen MR) is 93.4 cm³/mol. The van der Waals surface area contributed by atoms with Crippen LogP contribution >= 0.6 is 11.3 Å². The van der Waals surface area contributed by atoms with E-state index in [9.17, 15) is 0 Å². The van der Waals surface area contributed by atoms with Gasteiger partial charge in [0, 0.05) is 36.0 Å². The minimum Gasteiger partial charge on any atom is -0.348 e. The maximum absolute atomic E-state index is 5.00. The molecule has 1 aliphatic rings. The van der Waals surface area contributed by atoms with E-state index in [-0.39, 0.29) is 5.54 Å². The van der Waals surface area contributed by atoms with E-state index in [4.69, 9.17) is 4.98 Å².